The molecule has 2 nitrogen and oxygen atoms in total. The molecular formula is C9H16O2. The highest BCUT2D eigenvalue weighted by molar-refractivity contribution is 4.90. The highest BCUT2D eigenvalue weighted by Gasteiger charge is 2.17. The van der Waals surface area contributed by atoms with Crippen LogP contribution in [-0.4, -0.2) is 17.3 Å². The number of hydrogen-bond acceptors (Lipinski definition) is 2. The molecule has 0 saturated carbocycles. The number of ether oxygens (including phenoxy) is 1. The van der Waals surface area contributed by atoms with Crippen molar-refractivity contribution >= 4 is 0 Å². The molecule has 0 aromatic heterocycles. The molecule has 1 aliphatic rings. The first kappa shape index (κ1) is 8.60. The van der Waals surface area contributed by atoms with Crippen LogP contribution in [0, 0.1) is 5.92 Å². The van der Waals surface area contributed by atoms with Gasteiger partial charge in [0.1, 0.15) is 6.10 Å². The van der Waals surface area contributed by atoms with Gasteiger partial charge in [0.2, 0.25) is 0 Å². The van der Waals surface area contributed by atoms with Gasteiger partial charge in [0.15, 0.2) is 0 Å². The van der Waals surface area contributed by atoms with Gasteiger partial charge >= 0.3 is 0 Å². The Morgan fingerprint density at radius 2 is 2.36 bits per heavy atom. The van der Waals surface area contributed by atoms with Crippen molar-refractivity contribution in [1.29, 1.82) is 0 Å². The molecule has 2 atom stereocenters. The molecule has 2 heteroatoms. The minimum absolute atomic E-state index is 0.218. The van der Waals surface area contributed by atoms with Gasteiger partial charge in [-0.05, 0) is 18.4 Å². The lowest BCUT2D eigenvalue weighted by Gasteiger charge is -2.23. The summed E-state index contributed by atoms with van der Waals surface area (Å²) in [4.78, 5) is 0. The SMILES string of the molecule is CC(C)CC1CC(O)C=CO1. The van der Waals surface area contributed by atoms with Crippen molar-refractivity contribution in [3.05, 3.63) is 12.3 Å². The van der Waals surface area contributed by atoms with Crippen LogP contribution in [0.4, 0.5) is 0 Å². The number of aliphatic hydroxyl groups excluding tert-OH is 1. The van der Waals surface area contributed by atoms with Gasteiger partial charge in [0, 0.05) is 6.42 Å². The quantitative estimate of drug-likeness (QED) is 0.659. The van der Waals surface area contributed by atoms with Crippen LogP contribution < -0.4 is 0 Å². The Bertz CT molecular complexity index is 140. The van der Waals surface area contributed by atoms with Crippen molar-refractivity contribution < 1.29 is 9.84 Å². The van der Waals surface area contributed by atoms with Crippen LogP contribution in [0.1, 0.15) is 26.7 Å². The first-order valence-electron chi connectivity index (χ1n) is 4.18. The molecule has 2 unspecified atom stereocenters. The van der Waals surface area contributed by atoms with E-state index in [1.807, 2.05) is 0 Å². The topological polar surface area (TPSA) is 29.5 Å². The standard InChI is InChI=1S/C9H16O2/c1-7(2)5-9-6-8(10)3-4-11-9/h3-4,7-10H,5-6H2,1-2H3. The summed E-state index contributed by atoms with van der Waals surface area (Å²) in [7, 11) is 0. The minimum Gasteiger partial charge on any atom is -0.498 e. The molecule has 0 aliphatic carbocycles. The summed E-state index contributed by atoms with van der Waals surface area (Å²) in [6.45, 7) is 4.32. The van der Waals surface area contributed by atoms with E-state index in [2.05, 4.69) is 13.8 Å². The lowest BCUT2D eigenvalue weighted by molar-refractivity contribution is 0.0515. The normalized spacial score (nSPS) is 30.5. The molecule has 0 aromatic carbocycles. The molecule has 0 aromatic rings. The van der Waals surface area contributed by atoms with Crippen LogP contribution >= 0.6 is 0 Å². The molecule has 1 aliphatic heterocycles. The van der Waals surface area contributed by atoms with E-state index < -0.39 is 0 Å². The van der Waals surface area contributed by atoms with Gasteiger partial charge in [-0.1, -0.05) is 13.8 Å². The molecular weight excluding hydrogens is 140 g/mol. The average molecular weight is 156 g/mol. The van der Waals surface area contributed by atoms with E-state index in [-0.39, 0.29) is 12.2 Å². The zero-order chi connectivity index (χ0) is 8.27. The maximum absolute atomic E-state index is 9.23. The maximum Gasteiger partial charge on any atom is 0.101 e. The molecule has 0 bridgehead atoms. The number of hydrogen-bond donors (Lipinski definition) is 1. The third-order valence-electron chi connectivity index (χ3n) is 1.81. The lowest BCUT2D eigenvalue weighted by Crippen LogP contribution is -2.23. The largest absolute Gasteiger partial charge is 0.498 e. The van der Waals surface area contributed by atoms with E-state index in [0.29, 0.717) is 5.92 Å². The highest BCUT2D eigenvalue weighted by atomic mass is 16.5. The maximum atomic E-state index is 9.23. The fraction of sp³-hybridized carbons (Fsp3) is 0.778. The monoisotopic (exact) mass is 156 g/mol. The third-order valence-corrected chi connectivity index (χ3v) is 1.81. The molecule has 0 amide bonds. The van der Waals surface area contributed by atoms with E-state index in [9.17, 15) is 5.11 Å². The minimum atomic E-state index is -0.299. The van der Waals surface area contributed by atoms with Crippen molar-refractivity contribution in [2.75, 3.05) is 0 Å². The second-order valence-corrected chi connectivity index (χ2v) is 3.52. The summed E-state index contributed by atoms with van der Waals surface area (Å²) in [6, 6.07) is 0. The Morgan fingerprint density at radius 3 is 2.91 bits per heavy atom. The van der Waals surface area contributed by atoms with Gasteiger partial charge in [0.05, 0.1) is 12.4 Å². The third kappa shape index (κ3) is 2.93. The Labute approximate surface area is 67.9 Å². The molecule has 1 heterocycles. The smallest absolute Gasteiger partial charge is 0.101 e. The summed E-state index contributed by atoms with van der Waals surface area (Å²) >= 11 is 0. The van der Waals surface area contributed by atoms with Crippen LogP contribution in [0.5, 0.6) is 0 Å². The van der Waals surface area contributed by atoms with Crippen molar-refractivity contribution in [3.63, 3.8) is 0 Å². The second kappa shape index (κ2) is 3.77. The van der Waals surface area contributed by atoms with E-state index in [1.165, 1.54) is 0 Å². The fourth-order valence-electron chi connectivity index (χ4n) is 1.33. The lowest BCUT2D eigenvalue weighted by atomic mass is 10.00. The van der Waals surface area contributed by atoms with Gasteiger partial charge in [-0.25, -0.2) is 0 Å². The van der Waals surface area contributed by atoms with E-state index in [1.54, 1.807) is 12.3 Å². The predicted molar refractivity (Wildman–Crippen MR) is 44.1 cm³/mol. The summed E-state index contributed by atoms with van der Waals surface area (Å²) in [5, 5.41) is 9.23. The molecule has 0 spiro atoms. The van der Waals surface area contributed by atoms with Gasteiger partial charge in [-0.3, -0.25) is 0 Å². The first-order valence-corrected chi connectivity index (χ1v) is 4.18. The average Bonchev–Trinajstić information content (AvgIpc) is 1.85. The van der Waals surface area contributed by atoms with E-state index >= 15 is 0 Å². The predicted octanol–water partition coefficient (Wildman–Crippen LogP) is 1.70. The summed E-state index contributed by atoms with van der Waals surface area (Å²) in [5.41, 5.74) is 0. The summed E-state index contributed by atoms with van der Waals surface area (Å²) in [6.07, 6.45) is 5.00. The van der Waals surface area contributed by atoms with Crippen LogP contribution in [-0.2, 0) is 4.74 Å². The molecule has 0 radical (unpaired) electrons. The van der Waals surface area contributed by atoms with Crippen molar-refractivity contribution in [2.24, 2.45) is 5.92 Å². The van der Waals surface area contributed by atoms with Gasteiger partial charge in [-0.2, -0.15) is 0 Å². The van der Waals surface area contributed by atoms with E-state index in [0.717, 1.165) is 12.8 Å². The Balaban J connectivity index is 2.31. The summed E-state index contributed by atoms with van der Waals surface area (Å²) in [5.74, 6) is 0.638. The van der Waals surface area contributed by atoms with E-state index in [4.69, 9.17) is 4.74 Å². The zero-order valence-corrected chi connectivity index (χ0v) is 7.16. The Hall–Kier alpha value is -0.500. The molecule has 0 fully saturated rings. The van der Waals surface area contributed by atoms with Crippen LogP contribution in [0.3, 0.4) is 0 Å². The Kier molecular flexibility index (Phi) is 2.94. The van der Waals surface area contributed by atoms with Gasteiger partial charge < -0.3 is 9.84 Å². The van der Waals surface area contributed by atoms with Crippen LogP contribution in [0.25, 0.3) is 0 Å². The molecule has 1 N–H and O–H groups in total. The summed E-state index contributed by atoms with van der Waals surface area (Å²) < 4.78 is 5.32. The number of rotatable bonds is 2. The molecule has 1 rings (SSSR count). The molecule has 11 heavy (non-hydrogen) atoms. The molecule has 0 saturated heterocycles. The Morgan fingerprint density at radius 1 is 1.64 bits per heavy atom. The van der Waals surface area contributed by atoms with Gasteiger partial charge in [0.25, 0.3) is 0 Å². The molecule has 64 valence electrons. The van der Waals surface area contributed by atoms with Crippen LogP contribution in [0.15, 0.2) is 12.3 Å². The fourth-order valence-corrected chi connectivity index (χ4v) is 1.33. The zero-order valence-electron chi connectivity index (χ0n) is 7.16. The van der Waals surface area contributed by atoms with Crippen molar-refractivity contribution in [2.45, 2.75) is 38.9 Å². The van der Waals surface area contributed by atoms with Crippen LogP contribution in [0.2, 0.25) is 0 Å². The van der Waals surface area contributed by atoms with Crippen molar-refractivity contribution in [3.8, 4) is 0 Å². The second-order valence-electron chi connectivity index (χ2n) is 3.52. The first-order chi connectivity index (χ1) is 5.18. The van der Waals surface area contributed by atoms with Crippen molar-refractivity contribution in [1.82, 2.24) is 0 Å². The highest BCUT2D eigenvalue weighted by Crippen LogP contribution is 2.17. The van der Waals surface area contributed by atoms with Gasteiger partial charge in [-0.15, -0.1) is 0 Å². The number of aliphatic hydroxyl groups is 1.